The molecule has 2 atom stereocenters. The summed E-state index contributed by atoms with van der Waals surface area (Å²) in [6, 6.07) is 7.25. The molecule has 5 heteroatoms. The number of amides is 2. The Bertz CT molecular complexity index is 546. The summed E-state index contributed by atoms with van der Waals surface area (Å²) in [6.07, 6.45) is 2.56. The number of carbonyl (C=O) groups is 2. The number of piperazine rings is 1. The predicted molar refractivity (Wildman–Crippen MR) is 82.0 cm³/mol. The van der Waals surface area contributed by atoms with Gasteiger partial charge in [0.25, 0.3) is 5.91 Å². The highest BCUT2D eigenvalue weighted by atomic mass is 32.2. The Labute approximate surface area is 123 Å². The molecule has 0 spiro atoms. The maximum Gasteiger partial charge on any atom is 0.253 e. The van der Waals surface area contributed by atoms with E-state index >= 15 is 0 Å². The van der Waals surface area contributed by atoms with Crippen molar-refractivity contribution in [3.63, 3.8) is 0 Å². The lowest BCUT2D eigenvalue weighted by Gasteiger charge is -2.43. The van der Waals surface area contributed by atoms with Gasteiger partial charge >= 0.3 is 0 Å². The molecule has 2 unspecified atom stereocenters. The highest BCUT2D eigenvalue weighted by Gasteiger charge is 2.45. The summed E-state index contributed by atoms with van der Waals surface area (Å²) >= 11 is 1.62. The van der Waals surface area contributed by atoms with Gasteiger partial charge in [0.1, 0.15) is 11.6 Å². The summed E-state index contributed by atoms with van der Waals surface area (Å²) < 4.78 is 0. The second kappa shape index (κ2) is 5.48. The van der Waals surface area contributed by atoms with Gasteiger partial charge in [0.2, 0.25) is 5.91 Å². The first-order valence-corrected chi connectivity index (χ1v) is 7.95. The maximum absolute atomic E-state index is 12.7. The minimum Gasteiger partial charge on any atom is -0.340 e. The smallest absolute Gasteiger partial charge is 0.253 e. The van der Waals surface area contributed by atoms with Crippen LogP contribution in [0, 0.1) is 0 Å². The Morgan fingerprint density at radius 3 is 2.70 bits per heavy atom. The fraction of sp³-hybridized carbons (Fsp3) is 0.467. The van der Waals surface area contributed by atoms with Gasteiger partial charge in [-0.3, -0.25) is 14.5 Å². The van der Waals surface area contributed by atoms with Crippen LogP contribution in [0.5, 0.6) is 0 Å². The highest BCUT2D eigenvalue weighted by Crippen LogP contribution is 2.29. The van der Waals surface area contributed by atoms with Crippen LogP contribution in [0.4, 0.5) is 5.69 Å². The quantitative estimate of drug-likeness (QED) is 0.871. The van der Waals surface area contributed by atoms with E-state index in [2.05, 4.69) is 5.32 Å². The highest BCUT2D eigenvalue weighted by molar-refractivity contribution is 7.98. The number of rotatable bonds is 3. The minimum absolute atomic E-state index is 0.0506. The molecule has 108 valence electrons. The SMILES string of the molecule is CCC1(C)NC(=O)C(C)N(c2cccc(SC)c2)C1=O. The van der Waals surface area contributed by atoms with E-state index in [1.165, 1.54) is 0 Å². The maximum atomic E-state index is 12.7. The Morgan fingerprint density at radius 2 is 2.10 bits per heavy atom. The van der Waals surface area contributed by atoms with E-state index in [4.69, 9.17) is 0 Å². The van der Waals surface area contributed by atoms with Crippen molar-refractivity contribution >= 4 is 29.3 Å². The first-order valence-electron chi connectivity index (χ1n) is 6.72. The molecule has 1 aliphatic rings. The van der Waals surface area contributed by atoms with Gasteiger partial charge in [0.15, 0.2) is 0 Å². The number of carbonyl (C=O) groups excluding carboxylic acids is 2. The average molecular weight is 292 g/mol. The zero-order chi connectivity index (χ0) is 14.9. The molecule has 0 aromatic heterocycles. The Morgan fingerprint density at radius 1 is 1.40 bits per heavy atom. The normalized spacial score (nSPS) is 26.6. The number of benzene rings is 1. The number of thioether (sulfide) groups is 1. The molecule has 1 aromatic rings. The van der Waals surface area contributed by atoms with E-state index < -0.39 is 11.6 Å². The first kappa shape index (κ1) is 14.9. The van der Waals surface area contributed by atoms with E-state index in [9.17, 15) is 9.59 Å². The monoisotopic (exact) mass is 292 g/mol. The van der Waals surface area contributed by atoms with Crippen LogP contribution in [-0.4, -0.2) is 29.7 Å². The van der Waals surface area contributed by atoms with E-state index in [1.54, 1.807) is 30.5 Å². The molecule has 2 rings (SSSR count). The van der Waals surface area contributed by atoms with Gasteiger partial charge in [-0.1, -0.05) is 13.0 Å². The van der Waals surface area contributed by atoms with Gasteiger partial charge in [0.05, 0.1) is 0 Å². The topological polar surface area (TPSA) is 49.4 Å². The fourth-order valence-corrected chi connectivity index (χ4v) is 2.78. The Hall–Kier alpha value is -1.49. The first-order chi connectivity index (χ1) is 9.42. The van der Waals surface area contributed by atoms with Crippen LogP contribution in [0.2, 0.25) is 0 Å². The van der Waals surface area contributed by atoms with Gasteiger partial charge in [-0.15, -0.1) is 11.8 Å². The molecule has 0 bridgehead atoms. The molecule has 4 nitrogen and oxygen atoms in total. The van der Waals surface area contributed by atoms with E-state index in [0.29, 0.717) is 6.42 Å². The number of nitrogens with zero attached hydrogens (tertiary/aromatic N) is 1. The van der Waals surface area contributed by atoms with Crippen LogP contribution in [0.1, 0.15) is 27.2 Å². The number of hydrogen-bond donors (Lipinski definition) is 1. The summed E-state index contributed by atoms with van der Waals surface area (Å²) in [5, 5.41) is 2.83. The zero-order valence-corrected chi connectivity index (χ0v) is 13.1. The summed E-state index contributed by atoms with van der Waals surface area (Å²) in [4.78, 5) is 27.6. The van der Waals surface area contributed by atoms with Gasteiger partial charge in [-0.2, -0.15) is 0 Å². The molecule has 20 heavy (non-hydrogen) atoms. The second-order valence-electron chi connectivity index (χ2n) is 5.23. The third-order valence-electron chi connectivity index (χ3n) is 3.90. The minimum atomic E-state index is -0.820. The average Bonchev–Trinajstić information content (AvgIpc) is 2.46. The van der Waals surface area contributed by atoms with Crippen molar-refractivity contribution in [2.75, 3.05) is 11.2 Å². The molecule has 1 aromatic carbocycles. The molecular weight excluding hydrogens is 272 g/mol. The van der Waals surface area contributed by atoms with Crippen molar-refractivity contribution in [2.24, 2.45) is 0 Å². The molecule has 1 heterocycles. The lowest BCUT2D eigenvalue weighted by Crippen LogP contribution is -2.68. The molecular formula is C15H20N2O2S. The van der Waals surface area contributed by atoms with Crippen molar-refractivity contribution < 1.29 is 9.59 Å². The van der Waals surface area contributed by atoms with Crippen LogP contribution < -0.4 is 10.2 Å². The molecule has 0 saturated carbocycles. The van der Waals surface area contributed by atoms with Gasteiger partial charge in [0, 0.05) is 10.6 Å². The van der Waals surface area contributed by atoms with Crippen LogP contribution in [-0.2, 0) is 9.59 Å². The van der Waals surface area contributed by atoms with Gasteiger partial charge in [-0.25, -0.2) is 0 Å². The third-order valence-corrected chi connectivity index (χ3v) is 4.62. The molecule has 0 radical (unpaired) electrons. The van der Waals surface area contributed by atoms with Gasteiger partial charge in [-0.05, 0) is 44.7 Å². The van der Waals surface area contributed by atoms with Crippen molar-refractivity contribution in [3.8, 4) is 0 Å². The molecule has 1 aliphatic heterocycles. The standard InChI is InChI=1S/C15H20N2O2S/c1-5-15(3)14(19)17(10(2)13(18)16-15)11-7-6-8-12(9-11)20-4/h6-10H,5H2,1-4H3,(H,16,18). The molecule has 1 saturated heterocycles. The predicted octanol–water partition coefficient (Wildman–Crippen LogP) is 2.43. The van der Waals surface area contributed by atoms with Crippen molar-refractivity contribution in [2.45, 2.75) is 43.7 Å². The Kier molecular flexibility index (Phi) is 4.09. The summed E-state index contributed by atoms with van der Waals surface area (Å²) in [5.74, 6) is -0.158. The second-order valence-corrected chi connectivity index (χ2v) is 6.11. The van der Waals surface area contributed by atoms with Gasteiger partial charge < -0.3 is 5.32 Å². The summed E-state index contributed by atoms with van der Waals surface area (Å²) in [7, 11) is 0. The van der Waals surface area contributed by atoms with Crippen LogP contribution in [0.25, 0.3) is 0 Å². The summed E-state index contributed by atoms with van der Waals surface area (Å²) in [6.45, 7) is 5.45. The zero-order valence-electron chi connectivity index (χ0n) is 12.3. The molecule has 0 aliphatic carbocycles. The summed E-state index contributed by atoms with van der Waals surface area (Å²) in [5.41, 5.74) is -0.0391. The third kappa shape index (κ3) is 2.42. The number of nitrogens with one attached hydrogen (secondary N) is 1. The molecule has 1 N–H and O–H groups in total. The van der Waals surface area contributed by atoms with Crippen LogP contribution in [0.15, 0.2) is 29.2 Å². The number of hydrogen-bond acceptors (Lipinski definition) is 3. The Balaban J connectivity index is 2.45. The van der Waals surface area contributed by atoms with Crippen molar-refractivity contribution in [3.05, 3.63) is 24.3 Å². The van der Waals surface area contributed by atoms with Crippen LogP contribution in [0.3, 0.4) is 0 Å². The lowest BCUT2D eigenvalue weighted by atomic mass is 9.92. The lowest BCUT2D eigenvalue weighted by molar-refractivity contribution is -0.137. The van der Waals surface area contributed by atoms with Crippen LogP contribution >= 0.6 is 11.8 Å². The molecule has 2 amide bonds. The van der Waals surface area contributed by atoms with Crippen molar-refractivity contribution in [1.82, 2.24) is 5.32 Å². The molecule has 1 fully saturated rings. The fourth-order valence-electron chi connectivity index (χ4n) is 2.33. The van der Waals surface area contributed by atoms with E-state index in [0.717, 1.165) is 10.6 Å². The van der Waals surface area contributed by atoms with E-state index in [-0.39, 0.29) is 11.8 Å². The van der Waals surface area contributed by atoms with E-state index in [1.807, 2.05) is 37.4 Å². The number of anilines is 1. The van der Waals surface area contributed by atoms with Crippen molar-refractivity contribution in [1.29, 1.82) is 0 Å². The largest absolute Gasteiger partial charge is 0.340 e.